The van der Waals surface area contributed by atoms with Gasteiger partial charge in [0.15, 0.2) is 11.5 Å². The van der Waals surface area contributed by atoms with Gasteiger partial charge in [-0.1, -0.05) is 12.7 Å². The molecule has 0 bridgehead atoms. The maximum atomic E-state index is 12.7. The van der Waals surface area contributed by atoms with Gasteiger partial charge in [-0.05, 0) is 96.2 Å². The summed E-state index contributed by atoms with van der Waals surface area (Å²) >= 11 is 10.3. The molecule has 150 valence electrons. The Labute approximate surface area is 194 Å². The van der Waals surface area contributed by atoms with Crippen molar-refractivity contribution in [1.82, 2.24) is 0 Å². The van der Waals surface area contributed by atoms with Crippen molar-refractivity contribution < 1.29 is 14.3 Å². The second-order valence-corrected chi connectivity index (χ2v) is 8.42. The van der Waals surface area contributed by atoms with Crippen LogP contribution >= 0.6 is 47.8 Å². The number of ether oxygens (including phenoxy) is 2. The highest BCUT2D eigenvalue weighted by atomic mass is 79.9. The van der Waals surface area contributed by atoms with E-state index in [9.17, 15) is 10.1 Å². The summed E-state index contributed by atoms with van der Waals surface area (Å²) < 4.78 is 13.0. The highest BCUT2D eigenvalue weighted by Gasteiger charge is 2.16. The van der Waals surface area contributed by atoms with Gasteiger partial charge in [-0.25, -0.2) is 0 Å². The molecular weight excluding hydrogens is 568 g/mol. The number of methoxy groups -OCH3 is 1. The first-order valence-corrected chi connectivity index (χ1v) is 10.7. The lowest BCUT2D eigenvalue weighted by molar-refractivity contribution is -0.112. The van der Waals surface area contributed by atoms with Gasteiger partial charge >= 0.3 is 0 Å². The fraction of sp³-hybridized carbons (Fsp3) is 0.143. The lowest BCUT2D eigenvalue weighted by atomic mass is 10.1. The number of aryl methyl sites for hydroxylation is 1. The van der Waals surface area contributed by atoms with Crippen LogP contribution in [0.25, 0.3) is 6.08 Å². The Balaban J connectivity index is 2.36. The van der Waals surface area contributed by atoms with Crippen LogP contribution < -0.4 is 14.8 Å². The van der Waals surface area contributed by atoms with Crippen LogP contribution in [-0.2, 0) is 4.79 Å². The summed E-state index contributed by atoms with van der Waals surface area (Å²) in [6.07, 6.45) is 3.11. The van der Waals surface area contributed by atoms with E-state index in [2.05, 4.69) is 59.7 Å². The normalized spacial score (nSPS) is 10.8. The molecule has 2 aromatic rings. The molecule has 5 nitrogen and oxygen atoms in total. The Morgan fingerprint density at radius 3 is 2.41 bits per heavy atom. The fourth-order valence-electron chi connectivity index (χ4n) is 2.42. The molecule has 29 heavy (non-hydrogen) atoms. The van der Waals surface area contributed by atoms with Gasteiger partial charge in [0, 0.05) is 8.95 Å². The van der Waals surface area contributed by atoms with Gasteiger partial charge in [-0.2, -0.15) is 5.26 Å². The standard InChI is InChI=1S/C21H17Br3N2O3/c1-4-5-29-20-17(24)9-13(10-18(20)28-3)8-14(11-25)21(27)26-19-15(22)6-12(2)7-16(19)23/h4,6-10H,1,5H2,2-3H3,(H,26,27)/b14-8+. The van der Waals surface area contributed by atoms with Crippen LogP contribution in [0.1, 0.15) is 11.1 Å². The molecule has 0 aliphatic carbocycles. The van der Waals surface area contributed by atoms with E-state index in [0.717, 1.165) is 5.56 Å². The molecule has 2 rings (SSSR count). The molecule has 1 N–H and O–H groups in total. The molecule has 0 aromatic heterocycles. The van der Waals surface area contributed by atoms with Crippen molar-refractivity contribution in [3.8, 4) is 17.6 Å². The lowest BCUT2D eigenvalue weighted by Crippen LogP contribution is -2.14. The number of halogens is 3. The van der Waals surface area contributed by atoms with E-state index in [0.29, 0.717) is 42.8 Å². The Morgan fingerprint density at radius 1 is 1.21 bits per heavy atom. The number of carbonyl (C=O) groups is 1. The summed E-state index contributed by atoms with van der Waals surface area (Å²) in [7, 11) is 1.51. The van der Waals surface area contributed by atoms with Gasteiger partial charge in [0.2, 0.25) is 0 Å². The van der Waals surface area contributed by atoms with Gasteiger partial charge in [0.05, 0.1) is 17.3 Å². The minimum absolute atomic E-state index is 0.0573. The van der Waals surface area contributed by atoms with E-state index in [-0.39, 0.29) is 5.57 Å². The molecule has 0 aliphatic rings. The molecule has 0 radical (unpaired) electrons. The number of nitrogens with zero attached hydrogens (tertiary/aromatic N) is 1. The summed E-state index contributed by atoms with van der Waals surface area (Å²) in [6.45, 7) is 5.88. The number of carbonyl (C=O) groups excluding carboxylic acids is 1. The van der Waals surface area contributed by atoms with Gasteiger partial charge < -0.3 is 14.8 Å². The maximum Gasteiger partial charge on any atom is 0.266 e. The number of hydrogen-bond acceptors (Lipinski definition) is 4. The summed E-state index contributed by atoms with van der Waals surface area (Å²) in [4.78, 5) is 12.7. The van der Waals surface area contributed by atoms with E-state index < -0.39 is 5.91 Å². The number of hydrogen-bond donors (Lipinski definition) is 1. The SMILES string of the molecule is C=CCOc1c(Br)cc(/C=C(\C#N)C(=O)Nc2c(Br)cc(C)cc2Br)cc1OC. The number of nitrogens with one attached hydrogen (secondary N) is 1. The largest absolute Gasteiger partial charge is 0.493 e. The van der Waals surface area contributed by atoms with E-state index in [4.69, 9.17) is 9.47 Å². The molecule has 0 spiro atoms. The van der Waals surface area contributed by atoms with Crippen LogP contribution in [0.3, 0.4) is 0 Å². The second kappa shape index (κ2) is 10.6. The average Bonchev–Trinajstić information content (AvgIpc) is 2.67. The molecule has 0 atom stereocenters. The van der Waals surface area contributed by atoms with E-state index in [1.807, 2.05) is 25.1 Å². The minimum atomic E-state index is -0.528. The predicted molar refractivity (Wildman–Crippen MR) is 125 cm³/mol. The predicted octanol–water partition coefficient (Wildman–Crippen LogP) is 6.40. The Morgan fingerprint density at radius 2 is 1.86 bits per heavy atom. The van der Waals surface area contributed by atoms with Crippen molar-refractivity contribution in [3.05, 3.63) is 67.0 Å². The van der Waals surface area contributed by atoms with Crippen molar-refractivity contribution in [1.29, 1.82) is 5.26 Å². The van der Waals surface area contributed by atoms with Crippen molar-refractivity contribution >= 4 is 65.5 Å². The Kier molecular flexibility index (Phi) is 8.50. The quantitative estimate of drug-likeness (QED) is 0.232. The van der Waals surface area contributed by atoms with Crippen molar-refractivity contribution in [2.75, 3.05) is 19.0 Å². The van der Waals surface area contributed by atoms with Gasteiger partial charge in [0.1, 0.15) is 18.2 Å². The van der Waals surface area contributed by atoms with Crippen molar-refractivity contribution in [2.24, 2.45) is 0 Å². The van der Waals surface area contributed by atoms with Crippen molar-refractivity contribution in [2.45, 2.75) is 6.92 Å². The van der Waals surface area contributed by atoms with Gasteiger partial charge in [-0.15, -0.1) is 0 Å². The van der Waals surface area contributed by atoms with E-state index in [1.54, 1.807) is 18.2 Å². The average molecular weight is 585 g/mol. The van der Waals surface area contributed by atoms with Crippen LogP contribution in [-0.4, -0.2) is 19.6 Å². The first-order valence-electron chi connectivity index (χ1n) is 8.30. The van der Waals surface area contributed by atoms with E-state index >= 15 is 0 Å². The van der Waals surface area contributed by atoms with Crippen LogP contribution in [0.2, 0.25) is 0 Å². The summed E-state index contributed by atoms with van der Waals surface area (Å²) in [5.74, 6) is 0.453. The monoisotopic (exact) mass is 582 g/mol. The highest BCUT2D eigenvalue weighted by Crippen LogP contribution is 2.37. The highest BCUT2D eigenvalue weighted by molar-refractivity contribution is 9.11. The number of benzene rings is 2. The molecule has 0 heterocycles. The lowest BCUT2D eigenvalue weighted by Gasteiger charge is -2.13. The summed E-state index contributed by atoms with van der Waals surface area (Å²) in [5.41, 5.74) is 2.12. The van der Waals surface area contributed by atoms with Crippen molar-refractivity contribution in [3.63, 3.8) is 0 Å². The molecular formula is C21H17Br3N2O3. The zero-order valence-electron chi connectivity index (χ0n) is 15.7. The molecule has 0 aliphatic heterocycles. The third-order valence-corrected chi connectivity index (χ3v) is 5.54. The maximum absolute atomic E-state index is 12.7. The fourth-order valence-corrected chi connectivity index (χ4v) is 4.61. The number of rotatable bonds is 7. The summed E-state index contributed by atoms with van der Waals surface area (Å²) in [5, 5.41) is 12.3. The minimum Gasteiger partial charge on any atom is -0.493 e. The Hall–Kier alpha value is -2.08. The number of nitriles is 1. The molecule has 2 aromatic carbocycles. The molecule has 0 fully saturated rings. The van der Waals surface area contributed by atoms with Crippen LogP contribution in [0.15, 0.2) is 55.9 Å². The van der Waals surface area contributed by atoms with Crippen LogP contribution in [0.5, 0.6) is 11.5 Å². The first kappa shape index (κ1) is 23.2. The molecule has 8 heteroatoms. The smallest absolute Gasteiger partial charge is 0.266 e. The third kappa shape index (κ3) is 5.95. The zero-order valence-corrected chi connectivity index (χ0v) is 20.4. The van der Waals surface area contributed by atoms with Gasteiger partial charge in [0.25, 0.3) is 5.91 Å². The molecule has 0 unspecified atom stereocenters. The first-order chi connectivity index (χ1) is 13.8. The van der Waals surface area contributed by atoms with E-state index in [1.165, 1.54) is 13.2 Å². The zero-order chi connectivity index (χ0) is 21.6. The van der Waals surface area contributed by atoms with Gasteiger partial charge in [-0.3, -0.25) is 4.79 Å². The third-order valence-electron chi connectivity index (χ3n) is 3.70. The Bertz CT molecular complexity index is 1000. The molecule has 0 saturated carbocycles. The molecule has 0 saturated heterocycles. The number of anilines is 1. The topological polar surface area (TPSA) is 71.3 Å². The number of amides is 1. The van der Waals surface area contributed by atoms with Crippen LogP contribution in [0, 0.1) is 18.3 Å². The second-order valence-electron chi connectivity index (χ2n) is 5.86. The van der Waals surface area contributed by atoms with Crippen LogP contribution in [0.4, 0.5) is 5.69 Å². The summed E-state index contributed by atoms with van der Waals surface area (Å²) in [6, 6.07) is 9.12. The molecule has 1 amide bonds.